The topological polar surface area (TPSA) is 35.2 Å². The minimum atomic E-state index is -0.150. The van der Waals surface area contributed by atoms with Gasteiger partial charge in [0, 0.05) is 12.6 Å². The van der Waals surface area contributed by atoms with Crippen molar-refractivity contribution in [3.63, 3.8) is 0 Å². The molecule has 0 aromatic rings. The third-order valence-corrected chi connectivity index (χ3v) is 1.35. The van der Waals surface area contributed by atoms with Crippen LogP contribution in [-0.2, 0) is 4.74 Å². The average Bonchev–Trinajstić information content (AvgIpc) is 1.59. The molecule has 0 spiro atoms. The van der Waals surface area contributed by atoms with E-state index in [4.69, 9.17) is 10.5 Å². The molecule has 0 saturated heterocycles. The van der Waals surface area contributed by atoms with Crippen molar-refractivity contribution >= 4 is 0 Å². The van der Waals surface area contributed by atoms with Crippen molar-refractivity contribution in [2.75, 3.05) is 13.7 Å². The Balaban J connectivity index is 3.63. The molecule has 0 aliphatic rings. The van der Waals surface area contributed by atoms with E-state index in [1.54, 1.807) is 7.11 Å². The van der Waals surface area contributed by atoms with Crippen LogP contribution in [0.15, 0.2) is 0 Å². The van der Waals surface area contributed by atoms with Gasteiger partial charge >= 0.3 is 0 Å². The van der Waals surface area contributed by atoms with Crippen LogP contribution in [0.2, 0.25) is 0 Å². The molecule has 2 nitrogen and oxygen atoms in total. The summed E-state index contributed by atoms with van der Waals surface area (Å²) in [6.45, 7) is 7.00. The molecule has 0 heterocycles. The Morgan fingerprint density at radius 2 is 2.00 bits per heavy atom. The zero-order valence-corrected chi connectivity index (χ0v) is 7.48. The predicted octanol–water partition coefficient (Wildman–Crippen LogP) is 1.40. The van der Waals surface area contributed by atoms with Gasteiger partial charge in [0.05, 0.1) is 6.61 Å². The first-order valence-corrected chi connectivity index (χ1v) is 3.76. The molecule has 2 heteroatoms. The number of nitrogens with two attached hydrogens (primary N) is 1. The lowest BCUT2D eigenvalue weighted by atomic mass is 9.93. The quantitative estimate of drug-likeness (QED) is 0.649. The van der Waals surface area contributed by atoms with Gasteiger partial charge in [0.25, 0.3) is 0 Å². The van der Waals surface area contributed by atoms with E-state index < -0.39 is 0 Å². The number of ether oxygens (including phenoxy) is 1. The maximum Gasteiger partial charge on any atom is 0.0639 e. The third kappa shape index (κ3) is 4.77. The third-order valence-electron chi connectivity index (χ3n) is 1.35. The van der Waals surface area contributed by atoms with Gasteiger partial charge in [-0.3, -0.25) is 0 Å². The monoisotopic (exact) mass is 145 g/mol. The van der Waals surface area contributed by atoms with Gasteiger partial charge < -0.3 is 10.5 Å². The number of methoxy groups -OCH3 is 1. The van der Waals surface area contributed by atoms with Crippen molar-refractivity contribution in [1.82, 2.24) is 0 Å². The molecule has 2 N–H and O–H groups in total. The number of rotatable bonds is 4. The summed E-state index contributed by atoms with van der Waals surface area (Å²) < 4.78 is 4.98. The van der Waals surface area contributed by atoms with Gasteiger partial charge in [-0.05, 0) is 19.3 Å². The smallest absolute Gasteiger partial charge is 0.0639 e. The van der Waals surface area contributed by atoms with Crippen molar-refractivity contribution in [3.8, 4) is 0 Å². The van der Waals surface area contributed by atoms with E-state index in [1.165, 1.54) is 0 Å². The van der Waals surface area contributed by atoms with E-state index in [-0.39, 0.29) is 5.54 Å². The fourth-order valence-electron chi connectivity index (χ4n) is 1.32. The molecule has 0 rings (SSSR count). The van der Waals surface area contributed by atoms with E-state index in [0.29, 0.717) is 12.5 Å². The van der Waals surface area contributed by atoms with E-state index in [0.717, 1.165) is 6.42 Å². The summed E-state index contributed by atoms with van der Waals surface area (Å²) in [5, 5.41) is 0. The Bertz CT molecular complexity index is 89.3. The lowest BCUT2D eigenvalue weighted by molar-refractivity contribution is 0.128. The molecular formula is C8H19NO. The van der Waals surface area contributed by atoms with Crippen molar-refractivity contribution in [3.05, 3.63) is 0 Å². The zero-order chi connectivity index (χ0) is 8.20. The molecule has 1 unspecified atom stereocenters. The minimum Gasteiger partial charge on any atom is -0.383 e. The maximum atomic E-state index is 5.90. The van der Waals surface area contributed by atoms with Crippen LogP contribution < -0.4 is 5.73 Å². The lowest BCUT2D eigenvalue weighted by Crippen LogP contribution is -2.42. The first kappa shape index (κ1) is 9.92. The minimum absolute atomic E-state index is 0.150. The van der Waals surface area contributed by atoms with Crippen molar-refractivity contribution in [2.24, 2.45) is 11.7 Å². The van der Waals surface area contributed by atoms with Gasteiger partial charge in [-0.15, -0.1) is 0 Å². The van der Waals surface area contributed by atoms with Gasteiger partial charge in [-0.25, -0.2) is 0 Å². The highest BCUT2D eigenvalue weighted by atomic mass is 16.5. The molecule has 0 aliphatic heterocycles. The summed E-state index contributed by atoms with van der Waals surface area (Å²) in [4.78, 5) is 0. The maximum absolute atomic E-state index is 5.90. The standard InChI is InChI=1S/C8H19NO/c1-7(2)5-8(3,9)6-10-4/h7H,5-6,9H2,1-4H3. The van der Waals surface area contributed by atoms with Crippen LogP contribution >= 0.6 is 0 Å². The van der Waals surface area contributed by atoms with E-state index in [2.05, 4.69) is 13.8 Å². The van der Waals surface area contributed by atoms with Crippen LogP contribution in [0, 0.1) is 5.92 Å². The number of hydrogen-bond acceptors (Lipinski definition) is 2. The molecule has 0 aliphatic carbocycles. The first-order chi connectivity index (χ1) is 4.48. The van der Waals surface area contributed by atoms with Crippen LogP contribution in [-0.4, -0.2) is 19.3 Å². The second kappa shape index (κ2) is 3.94. The largest absolute Gasteiger partial charge is 0.383 e. The molecule has 0 aromatic carbocycles. The molecular weight excluding hydrogens is 126 g/mol. The Hall–Kier alpha value is -0.0800. The van der Waals surface area contributed by atoms with Crippen LogP contribution in [0.4, 0.5) is 0 Å². The van der Waals surface area contributed by atoms with Gasteiger partial charge in [0.2, 0.25) is 0 Å². The average molecular weight is 145 g/mol. The van der Waals surface area contributed by atoms with Gasteiger partial charge in [0.1, 0.15) is 0 Å². The molecule has 0 fully saturated rings. The van der Waals surface area contributed by atoms with E-state index >= 15 is 0 Å². The molecule has 0 amide bonds. The summed E-state index contributed by atoms with van der Waals surface area (Å²) in [6.07, 6.45) is 1.01. The Morgan fingerprint density at radius 3 is 2.30 bits per heavy atom. The molecule has 0 aromatic heterocycles. The lowest BCUT2D eigenvalue weighted by Gasteiger charge is -2.25. The Labute approximate surface area is 63.7 Å². The molecule has 10 heavy (non-hydrogen) atoms. The Morgan fingerprint density at radius 1 is 1.50 bits per heavy atom. The van der Waals surface area contributed by atoms with Crippen molar-refractivity contribution in [1.29, 1.82) is 0 Å². The van der Waals surface area contributed by atoms with Crippen LogP contribution in [0.25, 0.3) is 0 Å². The summed E-state index contributed by atoms with van der Waals surface area (Å²) in [7, 11) is 1.69. The molecule has 0 bridgehead atoms. The summed E-state index contributed by atoms with van der Waals surface area (Å²) in [5.41, 5.74) is 5.75. The number of hydrogen-bond donors (Lipinski definition) is 1. The van der Waals surface area contributed by atoms with Crippen molar-refractivity contribution in [2.45, 2.75) is 32.7 Å². The Kier molecular flexibility index (Phi) is 3.91. The van der Waals surface area contributed by atoms with Crippen LogP contribution in [0.3, 0.4) is 0 Å². The zero-order valence-electron chi connectivity index (χ0n) is 7.48. The second-order valence-corrected chi connectivity index (χ2v) is 3.69. The summed E-state index contributed by atoms with van der Waals surface area (Å²) in [6, 6.07) is 0. The molecule has 0 radical (unpaired) electrons. The molecule has 0 saturated carbocycles. The van der Waals surface area contributed by atoms with Crippen molar-refractivity contribution < 1.29 is 4.74 Å². The summed E-state index contributed by atoms with van der Waals surface area (Å²) >= 11 is 0. The normalized spacial score (nSPS) is 17.4. The fraction of sp³-hybridized carbons (Fsp3) is 1.00. The summed E-state index contributed by atoms with van der Waals surface area (Å²) in [5.74, 6) is 0.644. The van der Waals surface area contributed by atoms with Gasteiger partial charge in [-0.2, -0.15) is 0 Å². The van der Waals surface area contributed by atoms with Gasteiger partial charge in [-0.1, -0.05) is 13.8 Å². The van der Waals surface area contributed by atoms with Gasteiger partial charge in [0.15, 0.2) is 0 Å². The van der Waals surface area contributed by atoms with E-state index in [1.807, 2.05) is 6.92 Å². The fourth-order valence-corrected chi connectivity index (χ4v) is 1.32. The highest BCUT2D eigenvalue weighted by Crippen LogP contribution is 2.13. The highest BCUT2D eigenvalue weighted by molar-refractivity contribution is 4.78. The van der Waals surface area contributed by atoms with E-state index in [9.17, 15) is 0 Å². The second-order valence-electron chi connectivity index (χ2n) is 3.69. The molecule has 1 atom stereocenters. The molecule has 62 valence electrons. The predicted molar refractivity (Wildman–Crippen MR) is 43.9 cm³/mol. The first-order valence-electron chi connectivity index (χ1n) is 3.76. The van der Waals surface area contributed by atoms with Crippen LogP contribution in [0.5, 0.6) is 0 Å². The SMILES string of the molecule is COCC(C)(N)CC(C)C. The van der Waals surface area contributed by atoms with Crippen LogP contribution in [0.1, 0.15) is 27.2 Å². The highest BCUT2D eigenvalue weighted by Gasteiger charge is 2.18.